The molecule has 1 unspecified atom stereocenters. The van der Waals surface area contributed by atoms with E-state index in [4.69, 9.17) is 5.73 Å². The van der Waals surface area contributed by atoms with E-state index < -0.39 is 23.4 Å². The van der Waals surface area contributed by atoms with Crippen LogP contribution in [-0.2, 0) is 0 Å². The minimum Gasteiger partial charge on any atom is -0.338 e. The molecule has 1 fully saturated rings. The summed E-state index contributed by atoms with van der Waals surface area (Å²) in [6.07, 6.45) is 0.616. The SMILES string of the molecule is CC1(C)CN(C(=O)c2cc(F)c(F)c(F)c2)CCC1N. The number of hydrogen-bond acceptors (Lipinski definition) is 2. The average molecular weight is 286 g/mol. The van der Waals surface area contributed by atoms with E-state index >= 15 is 0 Å². The maximum absolute atomic E-state index is 13.2. The number of benzene rings is 1. The molecule has 1 aromatic rings. The first kappa shape index (κ1) is 14.8. The fraction of sp³-hybridized carbons (Fsp3) is 0.500. The van der Waals surface area contributed by atoms with Gasteiger partial charge >= 0.3 is 0 Å². The highest BCUT2D eigenvalue weighted by molar-refractivity contribution is 5.94. The molecule has 0 saturated carbocycles. The lowest BCUT2D eigenvalue weighted by atomic mass is 9.79. The molecule has 1 atom stereocenters. The van der Waals surface area contributed by atoms with Gasteiger partial charge in [0.25, 0.3) is 5.91 Å². The molecule has 1 aliphatic rings. The summed E-state index contributed by atoms with van der Waals surface area (Å²) in [6.45, 7) is 4.68. The maximum Gasteiger partial charge on any atom is 0.254 e. The molecule has 2 rings (SSSR count). The zero-order valence-corrected chi connectivity index (χ0v) is 11.4. The van der Waals surface area contributed by atoms with E-state index in [9.17, 15) is 18.0 Å². The Hall–Kier alpha value is -1.56. The lowest BCUT2D eigenvalue weighted by Crippen LogP contribution is -2.54. The molecule has 110 valence electrons. The van der Waals surface area contributed by atoms with Crippen LogP contribution >= 0.6 is 0 Å². The fourth-order valence-electron chi connectivity index (χ4n) is 2.41. The fourth-order valence-corrected chi connectivity index (χ4v) is 2.41. The molecule has 1 saturated heterocycles. The number of nitrogens with zero attached hydrogens (tertiary/aromatic N) is 1. The van der Waals surface area contributed by atoms with Gasteiger partial charge in [0.15, 0.2) is 17.5 Å². The summed E-state index contributed by atoms with van der Waals surface area (Å²) in [6, 6.07) is 1.41. The zero-order valence-electron chi connectivity index (χ0n) is 11.4. The number of nitrogens with two attached hydrogens (primary N) is 1. The van der Waals surface area contributed by atoms with Crippen LogP contribution < -0.4 is 5.73 Å². The molecule has 0 bridgehead atoms. The van der Waals surface area contributed by atoms with Gasteiger partial charge in [-0.1, -0.05) is 13.8 Å². The zero-order chi connectivity index (χ0) is 15.1. The van der Waals surface area contributed by atoms with Gasteiger partial charge in [-0.05, 0) is 24.0 Å². The Morgan fingerprint density at radius 2 is 1.85 bits per heavy atom. The van der Waals surface area contributed by atoms with Crippen LogP contribution in [0.4, 0.5) is 13.2 Å². The van der Waals surface area contributed by atoms with Crippen LogP contribution in [0.2, 0.25) is 0 Å². The van der Waals surface area contributed by atoms with Gasteiger partial charge < -0.3 is 10.6 Å². The van der Waals surface area contributed by atoms with Crippen LogP contribution in [0.5, 0.6) is 0 Å². The summed E-state index contributed by atoms with van der Waals surface area (Å²) in [5, 5.41) is 0. The summed E-state index contributed by atoms with van der Waals surface area (Å²) in [4.78, 5) is 13.7. The Kier molecular flexibility index (Phi) is 3.77. The first-order valence-electron chi connectivity index (χ1n) is 6.42. The molecule has 2 N–H and O–H groups in total. The minimum atomic E-state index is -1.57. The quantitative estimate of drug-likeness (QED) is 0.805. The molecule has 20 heavy (non-hydrogen) atoms. The predicted molar refractivity (Wildman–Crippen MR) is 68.6 cm³/mol. The standard InChI is InChI=1S/C14H17F3N2O/c1-14(2)7-19(4-3-11(14)18)13(20)8-5-9(15)12(17)10(16)6-8/h5-6,11H,3-4,7,18H2,1-2H3. The molecule has 1 aliphatic heterocycles. The third-order valence-electron chi connectivity index (χ3n) is 3.83. The monoisotopic (exact) mass is 286 g/mol. The van der Waals surface area contributed by atoms with Crippen LogP contribution in [0, 0.1) is 22.9 Å². The van der Waals surface area contributed by atoms with E-state index in [0.717, 1.165) is 12.1 Å². The van der Waals surface area contributed by atoms with Crippen molar-refractivity contribution in [2.45, 2.75) is 26.3 Å². The molecule has 6 heteroatoms. The van der Waals surface area contributed by atoms with Crippen molar-refractivity contribution < 1.29 is 18.0 Å². The Labute approximate surface area is 115 Å². The number of halogens is 3. The second-order valence-electron chi connectivity index (χ2n) is 5.86. The molecular formula is C14H17F3N2O. The van der Waals surface area contributed by atoms with Gasteiger partial charge in [0.05, 0.1) is 0 Å². The van der Waals surface area contributed by atoms with Gasteiger partial charge in [-0.25, -0.2) is 13.2 Å². The van der Waals surface area contributed by atoms with Crippen LogP contribution in [0.25, 0.3) is 0 Å². The van der Waals surface area contributed by atoms with Crippen molar-refractivity contribution in [3.63, 3.8) is 0 Å². The second-order valence-corrected chi connectivity index (χ2v) is 5.86. The highest BCUT2D eigenvalue weighted by atomic mass is 19.2. The summed E-state index contributed by atoms with van der Waals surface area (Å²) < 4.78 is 39.3. The highest BCUT2D eigenvalue weighted by Crippen LogP contribution is 2.28. The summed E-state index contributed by atoms with van der Waals surface area (Å²) in [5.41, 5.74) is 5.51. The third-order valence-corrected chi connectivity index (χ3v) is 3.83. The smallest absolute Gasteiger partial charge is 0.254 e. The second kappa shape index (κ2) is 5.09. The molecule has 1 aromatic carbocycles. The van der Waals surface area contributed by atoms with E-state index in [1.807, 2.05) is 13.8 Å². The summed E-state index contributed by atoms with van der Waals surface area (Å²) >= 11 is 0. The summed E-state index contributed by atoms with van der Waals surface area (Å²) in [7, 11) is 0. The average Bonchev–Trinajstić information content (AvgIpc) is 2.37. The topological polar surface area (TPSA) is 46.3 Å². The lowest BCUT2D eigenvalue weighted by molar-refractivity contribution is 0.0532. The van der Waals surface area contributed by atoms with Crippen LogP contribution in [0.15, 0.2) is 12.1 Å². The molecule has 1 heterocycles. The number of amides is 1. The van der Waals surface area contributed by atoms with Crippen molar-refractivity contribution in [3.8, 4) is 0 Å². The number of carbonyl (C=O) groups excluding carboxylic acids is 1. The third kappa shape index (κ3) is 2.65. The highest BCUT2D eigenvalue weighted by Gasteiger charge is 2.35. The molecular weight excluding hydrogens is 269 g/mol. The van der Waals surface area contributed by atoms with Gasteiger partial charge in [0.2, 0.25) is 0 Å². The van der Waals surface area contributed by atoms with Crippen molar-refractivity contribution in [2.24, 2.45) is 11.1 Å². The number of hydrogen-bond donors (Lipinski definition) is 1. The molecule has 0 spiro atoms. The summed E-state index contributed by atoms with van der Waals surface area (Å²) in [5.74, 6) is -4.80. The van der Waals surface area contributed by atoms with Crippen molar-refractivity contribution in [1.29, 1.82) is 0 Å². The normalized spacial score (nSPS) is 21.9. The van der Waals surface area contributed by atoms with Gasteiger partial charge in [0.1, 0.15) is 0 Å². The van der Waals surface area contributed by atoms with Crippen molar-refractivity contribution in [3.05, 3.63) is 35.1 Å². The first-order chi connectivity index (χ1) is 9.22. The van der Waals surface area contributed by atoms with Crippen molar-refractivity contribution >= 4 is 5.91 Å². The number of carbonyl (C=O) groups is 1. The Morgan fingerprint density at radius 1 is 1.30 bits per heavy atom. The van der Waals surface area contributed by atoms with E-state index in [1.54, 1.807) is 0 Å². The largest absolute Gasteiger partial charge is 0.338 e. The number of rotatable bonds is 1. The Balaban J connectivity index is 2.24. The Bertz CT molecular complexity index is 522. The first-order valence-corrected chi connectivity index (χ1v) is 6.42. The van der Waals surface area contributed by atoms with Crippen LogP contribution in [0.3, 0.4) is 0 Å². The molecule has 0 aromatic heterocycles. The van der Waals surface area contributed by atoms with Gasteiger partial charge in [0, 0.05) is 24.7 Å². The molecule has 3 nitrogen and oxygen atoms in total. The van der Waals surface area contributed by atoms with Gasteiger partial charge in [-0.2, -0.15) is 0 Å². The van der Waals surface area contributed by atoms with Gasteiger partial charge in [-0.15, -0.1) is 0 Å². The lowest BCUT2D eigenvalue weighted by Gasteiger charge is -2.42. The van der Waals surface area contributed by atoms with Crippen molar-refractivity contribution in [1.82, 2.24) is 4.90 Å². The van der Waals surface area contributed by atoms with E-state index in [1.165, 1.54) is 4.90 Å². The number of piperidine rings is 1. The van der Waals surface area contributed by atoms with E-state index in [-0.39, 0.29) is 17.0 Å². The predicted octanol–water partition coefficient (Wildman–Crippen LogP) is 2.30. The maximum atomic E-state index is 13.2. The Morgan fingerprint density at radius 3 is 2.35 bits per heavy atom. The molecule has 0 radical (unpaired) electrons. The van der Waals surface area contributed by atoms with Crippen LogP contribution in [0.1, 0.15) is 30.6 Å². The minimum absolute atomic E-state index is 0.0340. The van der Waals surface area contributed by atoms with Crippen molar-refractivity contribution in [2.75, 3.05) is 13.1 Å². The number of likely N-dealkylation sites (tertiary alicyclic amines) is 1. The molecule has 0 aliphatic carbocycles. The van der Waals surface area contributed by atoms with E-state index in [2.05, 4.69) is 0 Å². The van der Waals surface area contributed by atoms with Gasteiger partial charge in [-0.3, -0.25) is 4.79 Å². The molecule has 1 amide bonds. The van der Waals surface area contributed by atoms with Crippen LogP contribution in [-0.4, -0.2) is 29.9 Å². The van der Waals surface area contributed by atoms with E-state index in [0.29, 0.717) is 19.5 Å².